The van der Waals surface area contributed by atoms with Gasteiger partial charge in [-0.3, -0.25) is 9.36 Å². The van der Waals surface area contributed by atoms with Crippen LogP contribution < -0.4 is 5.56 Å². The van der Waals surface area contributed by atoms with E-state index in [2.05, 4.69) is 0 Å². The topological polar surface area (TPSA) is 22.0 Å². The third-order valence-electron chi connectivity index (χ3n) is 2.67. The van der Waals surface area contributed by atoms with E-state index in [4.69, 9.17) is 0 Å². The fraction of sp³-hybridized carbons (Fsp3) is 0.154. The molecular weight excluding hydrogens is 281 g/mol. The molecule has 106 valence electrons. The molecule has 0 unspecified atom stereocenters. The zero-order valence-corrected chi connectivity index (χ0v) is 9.86. The summed E-state index contributed by atoms with van der Waals surface area (Å²) in [6.07, 6.45) is -6.14. The van der Waals surface area contributed by atoms with Gasteiger partial charge in [0.15, 0.2) is 0 Å². The molecule has 0 spiro atoms. The Labute approximate surface area is 110 Å². The summed E-state index contributed by atoms with van der Waals surface area (Å²) in [6.45, 7) is 0. The summed E-state index contributed by atoms with van der Waals surface area (Å²) in [5.74, 6) is 0. The average Bonchev–Trinajstić information content (AvgIpc) is 2.37. The van der Waals surface area contributed by atoms with Gasteiger partial charge in [0.1, 0.15) is 0 Å². The highest BCUT2D eigenvalue weighted by atomic mass is 19.4. The molecule has 0 aliphatic heterocycles. The number of aromatic nitrogens is 1. The van der Waals surface area contributed by atoms with Crippen molar-refractivity contribution in [3.63, 3.8) is 0 Å². The van der Waals surface area contributed by atoms with Crippen molar-refractivity contribution in [2.45, 2.75) is 12.6 Å². The number of benzene rings is 1. The number of hydrogen-bond acceptors (Lipinski definition) is 1. The van der Waals surface area contributed by atoms with Crippen LogP contribution in [0.1, 0.15) is 17.6 Å². The van der Waals surface area contributed by atoms with Crippen LogP contribution in [0.4, 0.5) is 22.0 Å². The second-order valence-corrected chi connectivity index (χ2v) is 4.01. The SMILES string of the molecule is O=c1cc(C(F)F)ccn1-c1ccc(C(F)(F)F)cc1. The molecule has 0 radical (unpaired) electrons. The lowest BCUT2D eigenvalue weighted by molar-refractivity contribution is -0.137. The van der Waals surface area contributed by atoms with Crippen molar-refractivity contribution in [1.82, 2.24) is 4.57 Å². The van der Waals surface area contributed by atoms with Gasteiger partial charge >= 0.3 is 6.18 Å². The van der Waals surface area contributed by atoms with Gasteiger partial charge in [-0.1, -0.05) is 0 Å². The summed E-state index contributed by atoms with van der Waals surface area (Å²) in [7, 11) is 0. The minimum Gasteiger partial charge on any atom is -0.284 e. The molecule has 0 saturated heterocycles. The Kier molecular flexibility index (Phi) is 3.61. The van der Waals surface area contributed by atoms with Crippen molar-refractivity contribution < 1.29 is 22.0 Å². The Morgan fingerprint density at radius 2 is 1.60 bits per heavy atom. The molecular formula is C13H8F5NO. The van der Waals surface area contributed by atoms with Crippen LogP contribution in [0.3, 0.4) is 0 Å². The van der Waals surface area contributed by atoms with Gasteiger partial charge in [-0.15, -0.1) is 0 Å². The molecule has 0 aliphatic rings. The van der Waals surface area contributed by atoms with Crippen LogP contribution in [0.25, 0.3) is 5.69 Å². The summed E-state index contributed by atoms with van der Waals surface area (Å²) in [5, 5.41) is 0. The lowest BCUT2D eigenvalue weighted by atomic mass is 10.2. The molecule has 20 heavy (non-hydrogen) atoms. The second kappa shape index (κ2) is 5.07. The van der Waals surface area contributed by atoms with Crippen molar-refractivity contribution in [3.8, 4) is 5.69 Å². The zero-order valence-electron chi connectivity index (χ0n) is 9.86. The monoisotopic (exact) mass is 289 g/mol. The predicted octanol–water partition coefficient (Wildman–Crippen LogP) is 3.79. The maximum Gasteiger partial charge on any atom is 0.416 e. The second-order valence-electron chi connectivity index (χ2n) is 4.01. The molecule has 0 saturated carbocycles. The van der Waals surface area contributed by atoms with Gasteiger partial charge in [0.05, 0.1) is 5.56 Å². The molecule has 2 nitrogen and oxygen atoms in total. The quantitative estimate of drug-likeness (QED) is 0.771. The predicted molar refractivity (Wildman–Crippen MR) is 62.0 cm³/mol. The number of pyridine rings is 1. The van der Waals surface area contributed by atoms with Crippen LogP contribution in [-0.2, 0) is 6.18 Å². The van der Waals surface area contributed by atoms with Gasteiger partial charge in [-0.2, -0.15) is 13.2 Å². The summed E-state index contributed by atoms with van der Waals surface area (Å²) >= 11 is 0. The molecule has 1 heterocycles. The van der Waals surface area contributed by atoms with Crippen LogP contribution in [0.5, 0.6) is 0 Å². The molecule has 7 heteroatoms. The number of rotatable bonds is 2. The van der Waals surface area contributed by atoms with Crippen LogP contribution in [0, 0.1) is 0 Å². The molecule has 1 aromatic heterocycles. The van der Waals surface area contributed by atoms with Crippen molar-refractivity contribution in [2.75, 3.05) is 0 Å². The number of hydrogen-bond donors (Lipinski definition) is 0. The fourth-order valence-electron chi connectivity index (χ4n) is 1.65. The summed E-state index contributed by atoms with van der Waals surface area (Å²) in [6, 6.07) is 5.65. The molecule has 2 rings (SSSR count). The Hall–Kier alpha value is -2.18. The van der Waals surface area contributed by atoms with Crippen molar-refractivity contribution >= 4 is 0 Å². The summed E-state index contributed by atoms with van der Waals surface area (Å²) in [5.41, 5.74) is -1.84. The van der Waals surface area contributed by atoms with Gasteiger partial charge in [0.2, 0.25) is 0 Å². The zero-order chi connectivity index (χ0) is 14.9. The number of nitrogens with zero attached hydrogens (tertiary/aromatic N) is 1. The van der Waals surface area contributed by atoms with E-state index >= 15 is 0 Å². The molecule has 0 amide bonds. The Morgan fingerprint density at radius 1 is 1.00 bits per heavy atom. The van der Waals surface area contributed by atoms with Crippen LogP contribution in [0.2, 0.25) is 0 Å². The summed E-state index contributed by atoms with van der Waals surface area (Å²) in [4.78, 5) is 11.6. The van der Waals surface area contributed by atoms with Crippen molar-refractivity contribution in [3.05, 3.63) is 64.1 Å². The standard InChI is InChI=1S/C13H8F5NO/c14-12(15)8-5-6-19(11(20)7-8)10-3-1-9(2-4-10)13(16,17)18/h1-7,12H. The largest absolute Gasteiger partial charge is 0.416 e. The molecule has 1 aromatic carbocycles. The summed E-state index contributed by atoms with van der Waals surface area (Å²) < 4.78 is 63.0. The first-order chi connectivity index (χ1) is 9.29. The van der Waals surface area contributed by atoms with Crippen LogP contribution in [0.15, 0.2) is 47.4 Å². The lowest BCUT2D eigenvalue weighted by Gasteiger charge is -2.09. The van der Waals surface area contributed by atoms with E-state index in [1.54, 1.807) is 0 Å². The minimum absolute atomic E-state index is 0.170. The van der Waals surface area contributed by atoms with Gasteiger partial charge in [0, 0.05) is 23.5 Å². The van der Waals surface area contributed by atoms with Crippen molar-refractivity contribution in [2.24, 2.45) is 0 Å². The number of halogens is 5. The van der Waals surface area contributed by atoms with Gasteiger partial charge in [-0.25, -0.2) is 8.78 Å². The highest BCUT2D eigenvalue weighted by molar-refractivity contribution is 5.36. The maximum atomic E-state index is 12.4. The molecule has 0 atom stereocenters. The minimum atomic E-state index is -4.47. The van der Waals surface area contributed by atoms with E-state index < -0.39 is 29.3 Å². The van der Waals surface area contributed by atoms with Gasteiger partial charge in [0.25, 0.3) is 12.0 Å². The third kappa shape index (κ3) is 2.87. The maximum absolute atomic E-state index is 12.4. The molecule has 0 N–H and O–H groups in total. The van der Waals surface area contributed by atoms with E-state index in [-0.39, 0.29) is 5.69 Å². The third-order valence-corrected chi connectivity index (χ3v) is 2.67. The first kappa shape index (κ1) is 14.2. The van der Waals surface area contributed by atoms with Gasteiger partial charge in [-0.05, 0) is 30.3 Å². The smallest absolute Gasteiger partial charge is 0.284 e. The van der Waals surface area contributed by atoms with E-state index in [0.717, 1.165) is 47.2 Å². The van der Waals surface area contributed by atoms with Gasteiger partial charge < -0.3 is 0 Å². The molecule has 2 aromatic rings. The lowest BCUT2D eigenvalue weighted by Crippen LogP contribution is -2.17. The average molecular weight is 289 g/mol. The Balaban J connectivity index is 2.40. The van der Waals surface area contributed by atoms with E-state index in [9.17, 15) is 26.7 Å². The first-order valence-corrected chi connectivity index (χ1v) is 5.47. The Morgan fingerprint density at radius 3 is 2.05 bits per heavy atom. The Bertz CT molecular complexity index is 658. The normalized spacial score (nSPS) is 11.9. The molecule has 0 fully saturated rings. The fourth-order valence-corrected chi connectivity index (χ4v) is 1.65. The molecule has 0 bridgehead atoms. The highest BCUT2D eigenvalue weighted by Crippen LogP contribution is 2.29. The van der Waals surface area contributed by atoms with Crippen molar-refractivity contribution in [1.29, 1.82) is 0 Å². The van der Waals surface area contributed by atoms with E-state index in [0.29, 0.717) is 0 Å². The number of alkyl halides is 5. The highest BCUT2D eigenvalue weighted by Gasteiger charge is 2.30. The van der Waals surface area contributed by atoms with E-state index in [1.165, 1.54) is 0 Å². The molecule has 0 aliphatic carbocycles. The van der Waals surface area contributed by atoms with Crippen LogP contribution in [-0.4, -0.2) is 4.57 Å². The van der Waals surface area contributed by atoms with E-state index in [1.807, 2.05) is 0 Å². The van der Waals surface area contributed by atoms with Crippen LogP contribution >= 0.6 is 0 Å². The first-order valence-electron chi connectivity index (χ1n) is 5.47.